The first-order valence-corrected chi connectivity index (χ1v) is 10.2. The van der Waals surface area contributed by atoms with Crippen LogP contribution in [0, 0.1) is 0 Å². The van der Waals surface area contributed by atoms with Crippen LogP contribution in [0.25, 0.3) is 0 Å². The predicted molar refractivity (Wildman–Crippen MR) is 113 cm³/mol. The lowest BCUT2D eigenvalue weighted by Crippen LogP contribution is -2.43. The molecule has 2 aromatic carbocycles. The van der Waals surface area contributed by atoms with Gasteiger partial charge in [-0.1, -0.05) is 54.6 Å². The minimum atomic E-state index is -0.131. The molecular weight excluding hydrogens is 400 g/mol. The summed E-state index contributed by atoms with van der Waals surface area (Å²) in [5.41, 5.74) is 9.99. The Bertz CT molecular complexity index is 942. The van der Waals surface area contributed by atoms with Crippen molar-refractivity contribution in [2.45, 2.75) is 36.9 Å². The van der Waals surface area contributed by atoms with Gasteiger partial charge in [-0.2, -0.15) is 5.10 Å². The molecule has 1 saturated carbocycles. The van der Waals surface area contributed by atoms with Crippen molar-refractivity contribution in [2.75, 3.05) is 0 Å². The van der Waals surface area contributed by atoms with Crippen molar-refractivity contribution in [3.05, 3.63) is 83.4 Å². The molecule has 2 N–H and O–H groups in total. The molecule has 5 heteroatoms. The quantitative estimate of drug-likeness (QED) is 0.774. The fourth-order valence-electron chi connectivity index (χ4n) is 4.15. The molecule has 5 rings (SSSR count). The standard InChI is InChI=1S/C22H21BrN4/c23-18-11-12-19-25-20(21(27(19)26-18)16-5-2-1-3-6-16)15-7-9-17(10-8-15)22(24)13-4-14-22/h1-3,5-12,20-21H,4,13-14,24H2. The van der Waals surface area contributed by atoms with Crippen molar-refractivity contribution < 1.29 is 0 Å². The molecule has 2 unspecified atom stereocenters. The molecule has 0 spiro atoms. The van der Waals surface area contributed by atoms with E-state index in [-0.39, 0.29) is 17.6 Å². The lowest BCUT2D eigenvalue weighted by molar-refractivity contribution is 0.253. The number of nitrogens with two attached hydrogens (primary N) is 1. The van der Waals surface area contributed by atoms with E-state index >= 15 is 0 Å². The zero-order chi connectivity index (χ0) is 18.4. The topological polar surface area (TPSA) is 54.0 Å². The van der Waals surface area contributed by atoms with Crippen molar-refractivity contribution in [1.82, 2.24) is 5.01 Å². The van der Waals surface area contributed by atoms with E-state index in [9.17, 15) is 0 Å². The fraction of sp³-hybridized carbons (Fsp3) is 0.273. The van der Waals surface area contributed by atoms with Gasteiger partial charge >= 0.3 is 0 Å². The molecule has 0 saturated heterocycles. The first kappa shape index (κ1) is 16.9. The van der Waals surface area contributed by atoms with E-state index in [1.54, 1.807) is 0 Å². The third-order valence-electron chi connectivity index (χ3n) is 5.86. The Morgan fingerprint density at radius 2 is 1.70 bits per heavy atom. The van der Waals surface area contributed by atoms with Crippen LogP contribution in [0.2, 0.25) is 0 Å². The first-order chi connectivity index (χ1) is 13.1. The van der Waals surface area contributed by atoms with E-state index in [0.717, 1.165) is 23.3 Å². The maximum Gasteiger partial charge on any atom is 0.145 e. The molecule has 0 bridgehead atoms. The summed E-state index contributed by atoms with van der Waals surface area (Å²) >= 11 is 3.50. The van der Waals surface area contributed by atoms with E-state index in [2.05, 4.69) is 69.6 Å². The minimum Gasteiger partial charge on any atom is -0.321 e. The van der Waals surface area contributed by atoms with E-state index in [0.29, 0.717) is 0 Å². The number of benzene rings is 2. The van der Waals surface area contributed by atoms with Crippen LogP contribution in [0.3, 0.4) is 0 Å². The Balaban J connectivity index is 1.53. The highest BCUT2D eigenvalue weighted by Gasteiger charge is 2.39. The average molecular weight is 421 g/mol. The van der Waals surface area contributed by atoms with Gasteiger partial charge in [0.15, 0.2) is 0 Å². The zero-order valence-corrected chi connectivity index (χ0v) is 16.5. The van der Waals surface area contributed by atoms with E-state index < -0.39 is 0 Å². The van der Waals surface area contributed by atoms with Crippen LogP contribution in [0.4, 0.5) is 0 Å². The molecule has 0 aromatic heterocycles. The lowest BCUT2D eigenvalue weighted by atomic mass is 9.72. The minimum absolute atomic E-state index is 0.00151. The van der Waals surface area contributed by atoms with Crippen LogP contribution >= 0.6 is 15.9 Å². The maximum atomic E-state index is 6.49. The second kappa shape index (κ2) is 6.43. The van der Waals surface area contributed by atoms with Crippen molar-refractivity contribution >= 4 is 26.4 Å². The molecule has 3 aliphatic rings. The Morgan fingerprint density at radius 3 is 2.37 bits per heavy atom. The van der Waals surface area contributed by atoms with Gasteiger partial charge in [-0.15, -0.1) is 0 Å². The third-order valence-corrected chi connectivity index (χ3v) is 6.28. The molecular formula is C22H21BrN4. The summed E-state index contributed by atoms with van der Waals surface area (Å²) in [5.74, 6) is 0.899. The van der Waals surface area contributed by atoms with E-state index in [4.69, 9.17) is 10.7 Å². The smallest absolute Gasteiger partial charge is 0.145 e. The molecule has 0 amide bonds. The maximum absolute atomic E-state index is 6.49. The fourth-order valence-corrected chi connectivity index (χ4v) is 4.45. The Labute approximate surface area is 167 Å². The van der Waals surface area contributed by atoms with Gasteiger partial charge in [0.05, 0.1) is 0 Å². The summed E-state index contributed by atoms with van der Waals surface area (Å²) in [6, 6.07) is 19.3. The Kier molecular flexibility index (Phi) is 4.02. The normalized spacial score (nSPS) is 25.5. The molecule has 2 aliphatic heterocycles. The van der Waals surface area contributed by atoms with Crippen LogP contribution in [-0.2, 0) is 5.54 Å². The van der Waals surface area contributed by atoms with Gasteiger partial charge in [-0.05, 0) is 64.0 Å². The number of hydrazone groups is 1. The van der Waals surface area contributed by atoms with Gasteiger partial charge in [0.25, 0.3) is 0 Å². The summed E-state index contributed by atoms with van der Waals surface area (Å²) in [6.45, 7) is 0. The molecule has 2 heterocycles. The summed E-state index contributed by atoms with van der Waals surface area (Å²) in [5, 5.41) is 6.71. The van der Waals surface area contributed by atoms with Crippen molar-refractivity contribution in [3.8, 4) is 0 Å². The highest BCUT2D eigenvalue weighted by Crippen LogP contribution is 2.44. The van der Waals surface area contributed by atoms with Crippen LogP contribution in [0.15, 0.2) is 76.8 Å². The van der Waals surface area contributed by atoms with Gasteiger partial charge in [-0.25, -0.2) is 5.01 Å². The molecule has 0 radical (unpaired) electrons. The van der Waals surface area contributed by atoms with E-state index in [1.807, 2.05) is 23.2 Å². The Hall–Kier alpha value is -2.24. The van der Waals surface area contributed by atoms with Gasteiger partial charge < -0.3 is 5.73 Å². The molecule has 2 atom stereocenters. The van der Waals surface area contributed by atoms with Gasteiger partial charge in [-0.3, -0.25) is 4.99 Å². The number of allylic oxidation sites excluding steroid dienone is 1. The average Bonchev–Trinajstić information content (AvgIpc) is 3.05. The molecule has 136 valence electrons. The number of fused-ring (bicyclic) bond motifs is 1. The summed E-state index contributed by atoms with van der Waals surface area (Å²) in [6.07, 6.45) is 7.33. The number of hydrogen-bond donors (Lipinski definition) is 1. The predicted octanol–water partition coefficient (Wildman–Crippen LogP) is 4.80. The molecule has 27 heavy (non-hydrogen) atoms. The SMILES string of the molecule is NC1(c2ccc(C3N=C4C=CC(Br)=NN4C3c3ccccc3)cc2)CCC1. The van der Waals surface area contributed by atoms with Crippen LogP contribution in [0.1, 0.15) is 48.0 Å². The van der Waals surface area contributed by atoms with Gasteiger partial charge in [0, 0.05) is 5.54 Å². The third kappa shape index (κ3) is 2.86. The number of nitrogens with zero attached hydrogens (tertiary/aromatic N) is 3. The van der Waals surface area contributed by atoms with E-state index in [1.165, 1.54) is 23.1 Å². The number of rotatable bonds is 3. The summed E-state index contributed by atoms with van der Waals surface area (Å²) < 4.78 is 0.813. The highest BCUT2D eigenvalue weighted by atomic mass is 79.9. The van der Waals surface area contributed by atoms with Crippen molar-refractivity contribution in [1.29, 1.82) is 0 Å². The van der Waals surface area contributed by atoms with Crippen LogP contribution in [-0.4, -0.2) is 15.5 Å². The van der Waals surface area contributed by atoms with Crippen LogP contribution in [0.5, 0.6) is 0 Å². The second-order valence-electron chi connectivity index (χ2n) is 7.52. The number of hydrogen-bond acceptors (Lipinski definition) is 4. The molecule has 1 aliphatic carbocycles. The number of aliphatic imine (C=N–C) groups is 1. The summed E-state index contributed by atoms with van der Waals surface area (Å²) in [7, 11) is 0. The van der Waals surface area contributed by atoms with Crippen LogP contribution < -0.4 is 5.73 Å². The molecule has 2 aromatic rings. The van der Waals surface area contributed by atoms with Crippen molar-refractivity contribution in [3.63, 3.8) is 0 Å². The van der Waals surface area contributed by atoms with Gasteiger partial charge in [0.1, 0.15) is 22.5 Å². The summed E-state index contributed by atoms with van der Waals surface area (Å²) in [4.78, 5) is 5.00. The molecule has 1 fully saturated rings. The largest absolute Gasteiger partial charge is 0.321 e. The first-order valence-electron chi connectivity index (χ1n) is 9.38. The monoisotopic (exact) mass is 420 g/mol. The zero-order valence-electron chi connectivity index (χ0n) is 14.9. The highest BCUT2D eigenvalue weighted by molar-refractivity contribution is 9.18. The Morgan fingerprint density at radius 1 is 0.963 bits per heavy atom. The second-order valence-corrected chi connectivity index (χ2v) is 8.33. The number of halogens is 1. The van der Waals surface area contributed by atoms with Crippen molar-refractivity contribution in [2.24, 2.45) is 15.8 Å². The lowest BCUT2D eigenvalue weighted by Gasteiger charge is -2.38. The number of amidine groups is 1. The molecule has 4 nitrogen and oxygen atoms in total. The van der Waals surface area contributed by atoms with Gasteiger partial charge in [0.2, 0.25) is 0 Å².